The number of aromatic nitrogens is 2. The molecule has 6 heteroatoms. The lowest BCUT2D eigenvalue weighted by molar-refractivity contribution is 0.0658. The molecule has 1 fully saturated rings. The van der Waals surface area contributed by atoms with Gasteiger partial charge in [0.1, 0.15) is 10.9 Å². The van der Waals surface area contributed by atoms with E-state index < -0.39 is 0 Å². The Morgan fingerprint density at radius 2 is 1.81 bits per heavy atom. The Balaban J connectivity index is 2.32. The number of hydrogen-bond donors (Lipinski definition) is 0. The number of piperazine rings is 1. The third kappa shape index (κ3) is 3.55. The second-order valence-electron chi connectivity index (χ2n) is 5.80. The highest BCUT2D eigenvalue weighted by atomic mass is 32.2. The van der Waals surface area contributed by atoms with Crippen LogP contribution in [-0.4, -0.2) is 65.2 Å². The summed E-state index contributed by atoms with van der Waals surface area (Å²) >= 11 is 1.53. The van der Waals surface area contributed by atoms with Gasteiger partial charge in [0.2, 0.25) is 0 Å². The van der Waals surface area contributed by atoms with Crippen LogP contribution in [0.1, 0.15) is 41.6 Å². The van der Waals surface area contributed by atoms with Crippen molar-refractivity contribution in [3.8, 4) is 0 Å². The number of nitrogens with zero attached hydrogens (tertiary/aromatic N) is 4. The van der Waals surface area contributed by atoms with Crippen molar-refractivity contribution in [2.45, 2.75) is 31.7 Å². The summed E-state index contributed by atoms with van der Waals surface area (Å²) in [4.78, 5) is 26.1. The van der Waals surface area contributed by atoms with Gasteiger partial charge in [-0.05, 0) is 20.2 Å². The summed E-state index contributed by atoms with van der Waals surface area (Å²) in [5.41, 5.74) is 1.47. The molecule has 0 N–H and O–H groups in total. The van der Waals surface area contributed by atoms with Crippen LogP contribution in [0.3, 0.4) is 0 Å². The van der Waals surface area contributed by atoms with Crippen LogP contribution in [0.2, 0.25) is 0 Å². The monoisotopic (exact) mass is 308 g/mol. The lowest BCUT2D eigenvalue weighted by Gasteiger charge is -2.33. The van der Waals surface area contributed by atoms with Gasteiger partial charge < -0.3 is 9.80 Å². The summed E-state index contributed by atoms with van der Waals surface area (Å²) in [7, 11) is 2.08. The fourth-order valence-electron chi connectivity index (χ4n) is 2.39. The molecule has 1 aliphatic rings. The molecule has 1 aromatic rings. The second-order valence-corrected chi connectivity index (χ2v) is 6.60. The molecule has 1 aromatic heterocycles. The summed E-state index contributed by atoms with van der Waals surface area (Å²) in [5.74, 6) is 1.15. The third-order valence-electron chi connectivity index (χ3n) is 3.79. The largest absolute Gasteiger partial charge is 0.336 e. The molecule has 2 heterocycles. The van der Waals surface area contributed by atoms with Gasteiger partial charge in [0.15, 0.2) is 0 Å². The SMILES string of the molecule is CSc1nc(C(C)C)nc(C)c1C(=O)N1CCN(C)CC1. The van der Waals surface area contributed by atoms with Crippen molar-refractivity contribution < 1.29 is 4.79 Å². The Morgan fingerprint density at radius 1 is 1.19 bits per heavy atom. The molecule has 21 heavy (non-hydrogen) atoms. The van der Waals surface area contributed by atoms with Crippen LogP contribution < -0.4 is 0 Å². The van der Waals surface area contributed by atoms with Crippen LogP contribution in [0.4, 0.5) is 0 Å². The molecule has 0 unspecified atom stereocenters. The number of amides is 1. The van der Waals surface area contributed by atoms with E-state index in [9.17, 15) is 4.79 Å². The standard InChI is InChI=1S/C15H24N4OS/c1-10(2)13-16-11(3)12(14(17-13)21-5)15(20)19-8-6-18(4)7-9-19/h10H,6-9H2,1-5H3. The first-order valence-corrected chi connectivity index (χ1v) is 8.56. The van der Waals surface area contributed by atoms with E-state index in [4.69, 9.17) is 0 Å². The molecule has 0 radical (unpaired) electrons. The van der Waals surface area contributed by atoms with E-state index in [-0.39, 0.29) is 11.8 Å². The van der Waals surface area contributed by atoms with E-state index in [1.54, 1.807) is 0 Å². The van der Waals surface area contributed by atoms with Gasteiger partial charge >= 0.3 is 0 Å². The van der Waals surface area contributed by atoms with Gasteiger partial charge in [-0.15, -0.1) is 11.8 Å². The second kappa shape index (κ2) is 6.75. The Hall–Kier alpha value is -1.14. The van der Waals surface area contributed by atoms with Crippen molar-refractivity contribution in [1.82, 2.24) is 19.8 Å². The molecule has 0 bridgehead atoms. The Morgan fingerprint density at radius 3 is 2.33 bits per heavy atom. The van der Waals surface area contributed by atoms with E-state index in [2.05, 4.69) is 35.8 Å². The molecule has 5 nitrogen and oxygen atoms in total. The van der Waals surface area contributed by atoms with E-state index in [0.29, 0.717) is 5.56 Å². The van der Waals surface area contributed by atoms with Crippen LogP contribution in [0.15, 0.2) is 5.03 Å². The summed E-state index contributed by atoms with van der Waals surface area (Å²) in [6, 6.07) is 0. The predicted octanol–water partition coefficient (Wildman–Crippen LogP) is 2.02. The topological polar surface area (TPSA) is 49.3 Å². The zero-order valence-corrected chi connectivity index (χ0v) is 14.3. The predicted molar refractivity (Wildman–Crippen MR) is 86.0 cm³/mol. The molecule has 0 saturated carbocycles. The highest BCUT2D eigenvalue weighted by Crippen LogP contribution is 2.24. The number of likely N-dealkylation sites (N-methyl/N-ethyl adjacent to an activating group) is 1. The Labute approximate surface area is 131 Å². The molecule has 2 rings (SSSR count). The first-order valence-electron chi connectivity index (χ1n) is 7.34. The molecule has 0 atom stereocenters. The molecule has 0 aliphatic carbocycles. The maximum absolute atomic E-state index is 12.8. The number of thioether (sulfide) groups is 1. The minimum absolute atomic E-state index is 0.0697. The maximum Gasteiger partial charge on any atom is 0.258 e. The van der Waals surface area contributed by atoms with Gasteiger partial charge in [0.25, 0.3) is 5.91 Å². The minimum atomic E-state index is 0.0697. The molecule has 116 valence electrons. The number of carbonyl (C=O) groups excluding carboxylic acids is 1. The molecular formula is C15H24N4OS. The number of aryl methyl sites for hydroxylation is 1. The third-order valence-corrected chi connectivity index (χ3v) is 4.47. The van der Waals surface area contributed by atoms with Crippen molar-refractivity contribution >= 4 is 17.7 Å². The molecule has 1 amide bonds. The van der Waals surface area contributed by atoms with Crippen LogP contribution in [-0.2, 0) is 0 Å². The molecule has 1 aliphatic heterocycles. The fraction of sp³-hybridized carbons (Fsp3) is 0.667. The van der Waals surface area contributed by atoms with Gasteiger partial charge in [-0.3, -0.25) is 4.79 Å². The minimum Gasteiger partial charge on any atom is -0.336 e. The van der Waals surface area contributed by atoms with Gasteiger partial charge in [-0.1, -0.05) is 13.8 Å². The lowest BCUT2D eigenvalue weighted by atomic mass is 10.1. The van der Waals surface area contributed by atoms with E-state index >= 15 is 0 Å². The summed E-state index contributed by atoms with van der Waals surface area (Å²) < 4.78 is 0. The van der Waals surface area contributed by atoms with Crippen molar-refractivity contribution in [1.29, 1.82) is 0 Å². The number of hydrogen-bond acceptors (Lipinski definition) is 5. The van der Waals surface area contributed by atoms with Crippen molar-refractivity contribution in [2.75, 3.05) is 39.5 Å². The molecular weight excluding hydrogens is 284 g/mol. The zero-order valence-electron chi connectivity index (χ0n) is 13.5. The quantitative estimate of drug-likeness (QED) is 0.631. The van der Waals surface area contributed by atoms with Gasteiger partial charge in [-0.25, -0.2) is 9.97 Å². The lowest BCUT2D eigenvalue weighted by Crippen LogP contribution is -2.47. The van der Waals surface area contributed by atoms with Crippen LogP contribution in [0.25, 0.3) is 0 Å². The zero-order chi connectivity index (χ0) is 15.6. The normalized spacial score (nSPS) is 16.6. The molecule has 0 aromatic carbocycles. The van der Waals surface area contributed by atoms with Crippen molar-refractivity contribution in [3.05, 3.63) is 17.1 Å². The van der Waals surface area contributed by atoms with Crippen LogP contribution >= 0.6 is 11.8 Å². The van der Waals surface area contributed by atoms with Gasteiger partial charge in [0, 0.05) is 32.1 Å². The fourth-order valence-corrected chi connectivity index (χ4v) is 3.01. The summed E-state index contributed by atoms with van der Waals surface area (Å²) in [6.45, 7) is 9.44. The van der Waals surface area contributed by atoms with Crippen LogP contribution in [0.5, 0.6) is 0 Å². The highest BCUT2D eigenvalue weighted by Gasteiger charge is 2.26. The average molecular weight is 308 g/mol. The van der Waals surface area contributed by atoms with E-state index in [1.165, 1.54) is 11.8 Å². The summed E-state index contributed by atoms with van der Waals surface area (Å²) in [5, 5.41) is 0.801. The smallest absolute Gasteiger partial charge is 0.258 e. The van der Waals surface area contributed by atoms with Crippen LogP contribution in [0, 0.1) is 6.92 Å². The summed E-state index contributed by atoms with van der Waals surface area (Å²) in [6.07, 6.45) is 1.96. The van der Waals surface area contributed by atoms with Gasteiger partial charge in [0.05, 0.1) is 11.3 Å². The number of carbonyl (C=O) groups is 1. The Bertz CT molecular complexity index is 525. The van der Waals surface area contributed by atoms with E-state index in [1.807, 2.05) is 18.1 Å². The maximum atomic E-state index is 12.8. The van der Waals surface area contributed by atoms with Crippen molar-refractivity contribution in [3.63, 3.8) is 0 Å². The molecule has 0 spiro atoms. The number of rotatable bonds is 3. The van der Waals surface area contributed by atoms with E-state index in [0.717, 1.165) is 42.7 Å². The first-order chi connectivity index (χ1) is 9.93. The first kappa shape index (κ1) is 16.2. The highest BCUT2D eigenvalue weighted by molar-refractivity contribution is 7.98. The Kier molecular flexibility index (Phi) is 5.22. The molecule has 1 saturated heterocycles. The van der Waals surface area contributed by atoms with Crippen molar-refractivity contribution in [2.24, 2.45) is 0 Å². The van der Waals surface area contributed by atoms with Gasteiger partial charge in [-0.2, -0.15) is 0 Å². The average Bonchev–Trinajstić information content (AvgIpc) is 2.46.